The van der Waals surface area contributed by atoms with Gasteiger partial charge in [0.05, 0.1) is 11.3 Å². The smallest absolute Gasteiger partial charge is 0.139 e. The highest BCUT2D eigenvalue weighted by Crippen LogP contribution is 2.66. The van der Waals surface area contributed by atoms with E-state index in [-0.39, 0.29) is 16.9 Å². The van der Waals surface area contributed by atoms with Gasteiger partial charge in [-0.2, -0.15) is 0 Å². The van der Waals surface area contributed by atoms with Crippen molar-refractivity contribution in [3.05, 3.63) is 0 Å². The molecule has 4 aliphatic rings. The minimum Gasteiger partial charge on any atom is -0.394 e. The number of oxime groups is 1. The van der Waals surface area contributed by atoms with Crippen LogP contribution in [0.1, 0.15) is 78.6 Å². The predicted octanol–water partition coefficient (Wildman–Crippen LogP) is 3.43. The summed E-state index contributed by atoms with van der Waals surface area (Å²) in [5, 5.41) is 16.0. The maximum atomic E-state index is 12.5. The van der Waals surface area contributed by atoms with Crippen LogP contribution in [0.15, 0.2) is 5.16 Å². The molecule has 4 aliphatic carbocycles. The summed E-state index contributed by atoms with van der Waals surface area (Å²) in [5.41, 5.74) is 5.84. The molecule has 7 atom stereocenters. The van der Waals surface area contributed by atoms with Crippen LogP contribution in [0, 0.1) is 28.6 Å². The second kappa shape index (κ2) is 6.55. The second-order valence-corrected chi connectivity index (χ2v) is 10.4. The summed E-state index contributed by atoms with van der Waals surface area (Å²) in [6.45, 7) is 6.84. The van der Waals surface area contributed by atoms with E-state index in [4.69, 9.17) is 10.6 Å². The van der Waals surface area contributed by atoms with Crippen LogP contribution in [-0.4, -0.2) is 34.9 Å². The summed E-state index contributed by atoms with van der Waals surface area (Å²) in [5.74, 6) is 2.12. The second-order valence-electron chi connectivity index (χ2n) is 10.4. The number of rotatable bonds is 3. The van der Waals surface area contributed by atoms with E-state index < -0.39 is 5.60 Å². The minimum absolute atomic E-state index is 0.0348. The van der Waals surface area contributed by atoms with Gasteiger partial charge in [-0.05, 0) is 69.6 Å². The van der Waals surface area contributed by atoms with Crippen LogP contribution in [0.2, 0.25) is 0 Å². The maximum Gasteiger partial charge on any atom is 0.139 e. The maximum absolute atomic E-state index is 12.5. The predicted molar refractivity (Wildman–Crippen MR) is 105 cm³/mol. The molecule has 0 aromatic rings. The highest BCUT2D eigenvalue weighted by atomic mass is 16.6. The highest BCUT2D eigenvalue weighted by Gasteiger charge is 2.64. The summed E-state index contributed by atoms with van der Waals surface area (Å²) in [6.07, 6.45) is 8.23. The third-order valence-corrected chi connectivity index (χ3v) is 8.88. The summed E-state index contributed by atoms with van der Waals surface area (Å²) < 4.78 is 0. The van der Waals surface area contributed by atoms with Gasteiger partial charge in [0, 0.05) is 29.7 Å². The van der Waals surface area contributed by atoms with E-state index in [1.165, 1.54) is 0 Å². The Hall–Kier alpha value is -0.940. The van der Waals surface area contributed by atoms with E-state index in [0.717, 1.165) is 57.1 Å². The molecule has 27 heavy (non-hydrogen) atoms. The van der Waals surface area contributed by atoms with Crippen molar-refractivity contribution in [2.24, 2.45) is 39.5 Å². The first-order valence-corrected chi connectivity index (χ1v) is 10.9. The highest BCUT2D eigenvalue weighted by molar-refractivity contribution is 5.87. The summed E-state index contributed by atoms with van der Waals surface area (Å²) in [7, 11) is 0. The lowest BCUT2D eigenvalue weighted by atomic mass is 9.43. The monoisotopic (exact) mass is 376 g/mol. The molecule has 3 N–H and O–H groups in total. The lowest BCUT2D eigenvalue weighted by Gasteiger charge is -2.62. The number of carbonyl (C=O) groups excluding carboxylic acids is 1. The molecule has 0 amide bonds. The van der Waals surface area contributed by atoms with Crippen molar-refractivity contribution in [2.45, 2.75) is 90.2 Å². The van der Waals surface area contributed by atoms with Gasteiger partial charge in [0.2, 0.25) is 0 Å². The third kappa shape index (κ3) is 2.88. The molecule has 0 aliphatic heterocycles. The molecular weight excluding hydrogens is 340 g/mol. The Labute approximate surface area is 163 Å². The van der Waals surface area contributed by atoms with Crippen LogP contribution in [0.25, 0.3) is 0 Å². The van der Waals surface area contributed by atoms with E-state index in [9.17, 15) is 9.90 Å². The fourth-order valence-electron chi connectivity index (χ4n) is 7.15. The zero-order valence-corrected chi connectivity index (χ0v) is 17.2. The van der Waals surface area contributed by atoms with Gasteiger partial charge in [0.15, 0.2) is 0 Å². The standard InChI is InChI=1S/C22H36N2O3/c1-14(23)13-27-24-15-6-10-21(3)18-8-9-20(2)17(4-5-19(20)25)16(18)7-11-22(21,26)12-15/h14,16-18,26H,4-13,23H2,1-3H3/t14?,16-,17-,18+,20-,21+,22-/m0/s1. The number of nitrogens with zero attached hydrogens (tertiary/aromatic N) is 1. The van der Waals surface area contributed by atoms with E-state index in [1.54, 1.807) is 0 Å². The van der Waals surface area contributed by atoms with Crippen molar-refractivity contribution in [2.75, 3.05) is 6.61 Å². The number of hydrogen-bond acceptors (Lipinski definition) is 5. The number of fused-ring (bicyclic) bond motifs is 5. The van der Waals surface area contributed by atoms with E-state index in [1.807, 2.05) is 6.92 Å². The van der Waals surface area contributed by atoms with Gasteiger partial charge in [-0.25, -0.2) is 0 Å². The molecule has 0 spiro atoms. The zero-order chi connectivity index (χ0) is 19.4. The van der Waals surface area contributed by atoms with Gasteiger partial charge >= 0.3 is 0 Å². The third-order valence-electron chi connectivity index (χ3n) is 8.88. The van der Waals surface area contributed by atoms with Crippen molar-refractivity contribution >= 4 is 11.5 Å². The quantitative estimate of drug-likeness (QED) is 0.739. The first-order chi connectivity index (χ1) is 12.7. The van der Waals surface area contributed by atoms with Gasteiger partial charge < -0.3 is 15.7 Å². The Morgan fingerprint density at radius 2 is 1.96 bits per heavy atom. The van der Waals surface area contributed by atoms with Gasteiger partial charge in [-0.15, -0.1) is 0 Å². The van der Waals surface area contributed by atoms with Crippen molar-refractivity contribution in [3.63, 3.8) is 0 Å². The van der Waals surface area contributed by atoms with Crippen LogP contribution < -0.4 is 5.73 Å². The number of carbonyl (C=O) groups is 1. The molecule has 5 nitrogen and oxygen atoms in total. The lowest BCUT2D eigenvalue weighted by molar-refractivity contribution is -0.188. The summed E-state index contributed by atoms with van der Waals surface area (Å²) >= 11 is 0. The molecule has 152 valence electrons. The molecule has 1 unspecified atom stereocenters. The molecule has 0 heterocycles. The van der Waals surface area contributed by atoms with Crippen LogP contribution in [0.3, 0.4) is 0 Å². The van der Waals surface area contributed by atoms with Gasteiger partial charge in [-0.3, -0.25) is 4.79 Å². The molecule has 4 fully saturated rings. The molecule has 0 bridgehead atoms. The van der Waals surface area contributed by atoms with Crippen molar-refractivity contribution in [1.29, 1.82) is 0 Å². The molecule has 4 saturated carbocycles. The van der Waals surface area contributed by atoms with Crippen LogP contribution in [-0.2, 0) is 9.63 Å². The molecule has 0 radical (unpaired) electrons. The molecular formula is C22H36N2O3. The minimum atomic E-state index is -0.695. The Kier molecular flexibility index (Phi) is 4.70. The zero-order valence-electron chi connectivity index (χ0n) is 17.2. The number of ketones is 1. The normalized spacial score (nSPS) is 49.3. The number of nitrogens with two attached hydrogens (primary N) is 1. The van der Waals surface area contributed by atoms with Gasteiger partial charge in [0.1, 0.15) is 12.4 Å². The molecule has 5 heteroatoms. The van der Waals surface area contributed by atoms with Crippen molar-refractivity contribution in [3.8, 4) is 0 Å². The average Bonchev–Trinajstić information content (AvgIpc) is 2.91. The molecule has 0 saturated heterocycles. The first kappa shape index (κ1) is 19.4. The topological polar surface area (TPSA) is 84.9 Å². The SMILES string of the molecule is CC(N)CON=C1CC[C@]2(C)[C@@H]3CC[C@]4(C)C(=O)CC[C@H]4[C@@H]3CC[C@]2(O)C1. The first-order valence-electron chi connectivity index (χ1n) is 10.9. The molecule has 0 aromatic carbocycles. The van der Waals surface area contributed by atoms with Crippen LogP contribution >= 0.6 is 0 Å². The largest absolute Gasteiger partial charge is 0.394 e. The molecule has 0 aromatic heterocycles. The van der Waals surface area contributed by atoms with E-state index in [0.29, 0.717) is 36.6 Å². The Balaban J connectivity index is 1.54. The van der Waals surface area contributed by atoms with Gasteiger partial charge in [-0.1, -0.05) is 19.0 Å². The summed E-state index contributed by atoms with van der Waals surface area (Å²) in [4.78, 5) is 17.9. The Bertz CT molecular complexity index is 647. The van der Waals surface area contributed by atoms with Crippen LogP contribution in [0.5, 0.6) is 0 Å². The van der Waals surface area contributed by atoms with Gasteiger partial charge in [0.25, 0.3) is 0 Å². The van der Waals surface area contributed by atoms with Crippen molar-refractivity contribution in [1.82, 2.24) is 0 Å². The summed E-state index contributed by atoms with van der Waals surface area (Å²) in [6, 6.07) is -0.0348. The fraction of sp³-hybridized carbons (Fsp3) is 0.909. The average molecular weight is 377 g/mol. The van der Waals surface area contributed by atoms with E-state index >= 15 is 0 Å². The molecule has 4 rings (SSSR count). The Morgan fingerprint density at radius 3 is 2.70 bits per heavy atom. The van der Waals surface area contributed by atoms with Crippen LogP contribution in [0.4, 0.5) is 0 Å². The number of aliphatic hydroxyl groups is 1. The number of hydrogen-bond donors (Lipinski definition) is 2. The number of Topliss-reactive ketones (excluding diaryl/α,β-unsaturated/α-hetero) is 1. The fourth-order valence-corrected chi connectivity index (χ4v) is 7.15. The van der Waals surface area contributed by atoms with Crippen molar-refractivity contribution < 1.29 is 14.7 Å². The Morgan fingerprint density at radius 1 is 1.19 bits per heavy atom. The lowest BCUT2D eigenvalue weighted by Crippen LogP contribution is -2.62. The van der Waals surface area contributed by atoms with E-state index in [2.05, 4.69) is 19.0 Å².